The number of hydrogen-bond acceptors (Lipinski definition) is 15. The SMILES string of the molecule is COc1cccc(/C=N/N(C)P2(N(C)/N=C/c3cccc(OC)c3O)=NP3(=NP4(=N2)Oc2ccccc2-c2ccccc2O4)Oc2ccccc2-c2ccccc2O3)c1O. The predicted octanol–water partition coefficient (Wildman–Crippen LogP) is 11.5. The lowest BCUT2D eigenvalue weighted by Crippen LogP contribution is -2.22. The molecule has 15 nitrogen and oxygen atoms in total. The Morgan fingerprint density at radius 2 is 0.833 bits per heavy atom. The van der Waals surface area contributed by atoms with Crippen molar-refractivity contribution < 1.29 is 37.8 Å². The van der Waals surface area contributed by atoms with Gasteiger partial charge in [0.2, 0.25) is 0 Å². The van der Waals surface area contributed by atoms with Crippen LogP contribution in [-0.4, -0.2) is 60.5 Å². The lowest BCUT2D eigenvalue weighted by Gasteiger charge is -2.38. The van der Waals surface area contributed by atoms with Crippen molar-refractivity contribution in [2.75, 3.05) is 28.3 Å². The molecule has 0 aliphatic carbocycles. The van der Waals surface area contributed by atoms with Gasteiger partial charge < -0.3 is 37.8 Å². The first-order valence-electron chi connectivity index (χ1n) is 18.5. The van der Waals surface area contributed by atoms with Crippen LogP contribution in [0, 0.1) is 0 Å². The molecule has 6 aromatic carbocycles. The molecule has 2 N–H and O–H groups in total. The Labute approximate surface area is 346 Å². The van der Waals surface area contributed by atoms with Crippen molar-refractivity contribution in [2.45, 2.75) is 0 Å². The van der Waals surface area contributed by atoms with E-state index in [1.54, 1.807) is 50.5 Å². The van der Waals surface area contributed by atoms with E-state index in [1.165, 1.54) is 36.2 Å². The van der Waals surface area contributed by atoms with Crippen molar-refractivity contribution in [3.05, 3.63) is 145 Å². The number of methoxy groups -OCH3 is 2. The van der Waals surface area contributed by atoms with E-state index in [1.807, 2.05) is 97.1 Å². The predicted molar refractivity (Wildman–Crippen MR) is 234 cm³/mol. The summed E-state index contributed by atoms with van der Waals surface area (Å²) in [6.45, 7) is 0. The number of phenols is 2. The van der Waals surface area contributed by atoms with E-state index < -0.39 is 22.8 Å². The summed E-state index contributed by atoms with van der Waals surface area (Å²) in [5.74, 6) is 2.18. The molecule has 18 heteroatoms. The summed E-state index contributed by atoms with van der Waals surface area (Å²) in [7, 11) is -5.56. The van der Waals surface area contributed by atoms with E-state index in [2.05, 4.69) is 0 Å². The standard InChI is InChI=1S/C42H38N7O8P3/c1-48(43-27-29-15-13-25-39(52-3)41(29)50)58(49(2)44-28-30-16-14-26-40(53-4)42(30)51)45-59(54-35-21-9-5-17-31(35)32-18-6-10-22-36(32)55-59)47-60(46-58)56-37-23-11-7-19-33(37)34-20-8-12-24-38(34)57-60/h5-28,50-51H,1-4H3/b43-27+,44-28+. The highest BCUT2D eigenvalue weighted by Gasteiger charge is 2.51. The molecule has 304 valence electrons. The molecule has 9 rings (SSSR count). The van der Waals surface area contributed by atoms with Crippen molar-refractivity contribution in [1.29, 1.82) is 0 Å². The second-order valence-electron chi connectivity index (χ2n) is 13.4. The summed E-state index contributed by atoms with van der Waals surface area (Å²) < 4.78 is 58.1. The fraction of sp³-hybridized carbons (Fsp3) is 0.0952. The molecule has 0 unspecified atom stereocenters. The van der Waals surface area contributed by atoms with E-state index >= 15 is 0 Å². The molecule has 0 atom stereocenters. The zero-order valence-corrected chi connectivity index (χ0v) is 35.4. The second kappa shape index (κ2) is 15.5. The number of ether oxygens (including phenoxy) is 2. The van der Waals surface area contributed by atoms with Crippen molar-refractivity contribution in [1.82, 2.24) is 9.56 Å². The molecule has 3 aliphatic rings. The number of aromatic hydroxyl groups is 2. The van der Waals surface area contributed by atoms with Gasteiger partial charge in [-0.2, -0.15) is 10.2 Å². The van der Waals surface area contributed by atoms with Crippen molar-refractivity contribution >= 4 is 35.3 Å². The van der Waals surface area contributed by atoms with E-state index in [4.69, 9.17) is 51.3 Å². The van der Waals surface area contributed by atoms with Crippen molar-refractivity contribution in [3.8, 4) is 68.2 Å². The van der Waals surface area contributed by atoms with Crippen molar-refractivity contribution in [2.24, 2.45) is 23.7 Å². The molecule has 0 radical (unpaired) electrons. The minimum Gasteiger partial charge on any atom is -0.504 e. The van der Waals surface area contributed by atoms with Crippen LogP contribution in [0.4, 0.5) is 0 Å². The molecule has 6 aromatic rings. The highest BCUT2D eigenvalue weighted by molar-refractivity contribution is 7.80. The third kappa shape index (κ3) is 6.90. The van der Waals surface area contributed by atoms with Crippen LogP contribution in [0.15, 0.2) is 157 Å². The van der Waals surface area contributed by atoms with Gasteiger partial charge in [0.15, 0.2) is 23.0 Å². The van der Waals surface area contributed by atoms with Gasteiger partial charge in [-0.3, -0.25) is 0 Å². The highest BCUT2D eigenvalue weighted by Crippen LogP contribution is 2.81. The van der Waals surface area contributed by atoms with Crippen LogP contribution in [0.1, 0.15) is 11.1 Å². The summed E-state index contributed by atoms with van der Waals surface area (Å²) in [5, 5.41) is 31.9. The summed E-state index contributed by atoms with van der Waals surface area (Å²) in [5.41, 5.74) is 3.80. The summed E-state index contributed by atoms with van der Waals surface area (Å²) in [6.07, 6.45) is 2.94. The average molecular weight is 862 g/mol. The molecule has 2 spiro atoms. The molecule has 0 aromatic heterocycles. The number of hydrazone groups is 2. The van der Waals surface area contributed by atoms with E-state index in [9.17, 15) is 10.2 Å². The summed E-state index contributed by atoms with van der Waals surface area (Å²) in [6, 6.07) is 40.4. The van der Waals surface area contributed by atoms with Crippen LogP contribution >= 0.6 is 22.8 Å². The number of para-hydroxylation sites is 6. The average Bonchev–Trinajstić information content (AvgIpc) is 3.48. The van der Waals surface area contributed by atoms with Gasteiger partial charge in [-0.15, -0.1) is 9.03 Å². The Hall–Kier alpha value is -6.65. The summed E-state index contributed by atoms with van der Waals surface area (Å²) >= 11 is 0. The van der Waals surface area contributed by atoms with Gasteiger partial charge in [0.05, 0.1) is 26.6 Å². The molecule has 0 bridgehead atoms. The minimum atomic E-state index is -4.00. The number of nitrogens with zero attached hydrogens (tertiary/aromatic N) is 7. The summed E-state index contributed by atoms with van der Waals surface area (Å²) in [4.78, 5) is 0. The normalized spacial score (nSPS) is 16.0. The van der Waals surface area contributed by atoms with Gasteiger partial charge in [-0.25, -0.2) is 9.56 Å². The quantitative estimate of drug-likeness (QED) is 0.0855. The topological polar surface area (TPSA) is 164 Å². The number of hydrogen-bond donors (Lipinski definition) is 2. The Bertz CT molecular complexity index is 2630. The maximum atomic E-state index is 11.1. The van der Waals surface area contributed by atoms with Gasteiger partial charge in [-0.1, -0.05) is 89.4 Å². The zero-order valence-electron chi connectivity index (χ0n) is 32.7. The Balaban J connectivity index is 1.35. The lowest BCUT2D eigenvalue weighted by atomic mass is 10.0. The molecule has 0 saturated carbocycles. The van der Waals surface area contributed by atoms with E-state index in [0.717, 1.165) is 22.3 Å². The third-order valence-electron chi connectivity index (χ3n) is 9.69. The Morgan fingerprint density at radius 3 is 1.20 bits per heavy atom. The third-order valence-corrected chi connectivity index (χ3v) is 18.7. The van der Waals surface area contributed by atoms with Gasteiger partial charge in [0, 0.05) is 47.5 Å². The molecule has 60 heavy (non-hydrogen) atoms. The Kier molecular flexibility index (Phi) is 10.0. The Morgan fingerprint density at radius 1 is 0.483 bits per heavy atom. The fourth-order valence-corrected chi connectivity index (χ4v) is 17.2. The van der Waals surface area contributed by atoms with Gasteiger partial charge in [0.1, 0.15) is 23.0 Å². The maximum Gasteiger partial charge on any atom is 0.458 e. The highest BCUT2D eigenvalue weighted by atomic mass is 31.3. The molecule has 0 saturated heterocycles. The molecule has 3 aliphatic heterocycles. The molecular formula is C42H38N7O8P3. The second-order valence-corrected chi connectivity index (χ2v) is 20.5. The van der Waals surface area contributed by atoms with Gasteiger partial charge in [-0.05, 0) is 48.5 Å². The minimum absolute atomic E-state index is 0.114. The lowest BCUT2D eigenvalue weighted by molar-refractivity contribution is 0.373. The van der Waals surface area contributed by atoms with Crippen LogP contribution in [0.25, 0.3) is 22.3 Å². The fourth-order valence-electron chi connectivity index (χ4n) is 6.74. The number of benzene rings is 6. The number of rotatable bonds is 8. The van der Waals surface area contributed by atoms with Crippen LogP contribution in [0.3, 0.4) is 0 Å². The maximum absolute atomic E-state index is 11.1. The first-order valence-corrected chi connectivity index (χ1v) is 23.2. The van der Waals surface area contributed by atoms with Crippen LogP contribution in [0.5, 0.6) is 46.0 Å². The molecule has 3 heterocycles. The largest absolute Gasteiger partial charge is 0.504 e. The van der Waals surface area contributed by atoms with Crippen LogP contribution < -0.4 is 27.6 Å². The number of phenolic OH excluding ortho intramolecular Hbond substituents is 2. The van der Waals surface area contributed by atoms with Gasteiger partial charge in [0.25, 0.3) is 0 Å². The van der Waals surface area contributed by atoms with E-state index in [-0.39, 0.29) is 23.0 Å². The zero-order chi connectivity index (χ0) is 41.5. The monoisotopic (exact) mass is 861 g/mol. The van der Waals surface area contributed by atoms with Gasteiger partial charge >= 0.3 is 22.8 Å². The molecular weight excluding hydrogens is 823 g/mol. The van der Waals surface area contributed by atoms with Crippen molar-refractivity contribution in [3.63, 3.8) is 0 Å². The first kappa shape index (κ1) is 38.8. The molecule has 0 amide bonds. The molecule has 0 fully saturated rings. The van der Waals surface area contributed by atoms with E-state index in [0.29, 0.717) is 34.1 Å². The van der Waals surface area contributed by atoms with Crippen LogP contribution in [0.2, 0.25) is 0 Å². The first-order chi connectivity index (χ1) is 29.2. The van der Waals surface area contributed by atoms with Crippen LogP contribution in [-0.2, 0) is 0 Å². The smallest absolute Gasteiger partial charge is 0.458 e. The number of fused-ring (bicyclic) bond motifs is 6.